The number of carbonyl (C=O) groups is 3. The molecule has 0 saturated carbocycles. The highest BCUT2D eigenvalue weighted by Crippen LogP contribution is 2.60. The number of unbranched alkanes of at least 4 members (excludes halogenated alkanes) is 1. The van der Waals surface area contributed by atoms with Crippen LogP contribution in [0.25, 0.3) is 0 Å². The molecule has 0 aromatic heterocycles. The predicted octanol–water partition coefficient (Wildman–Crippen LogP) is 3.49. The number of rotatable bonds is 10. The zero-order valence-electron chi connectivity index (χ0n) is 27.9. The van der Waals surface area contributed by atoms with E-state index in [2.05, 4.69) is 10.2 Å². The summed E-state index contributed by atoms with van der Waals surface area (Å²) in [4.78, 5) is 58.2. The third-order valence-corrected chi connectivity index (χ3v) is 13.4. The van der Waals surface area contributed by atoms with Gasteiger partial charge in [-0.05, 0) is 88.6 Å². The van der Waals surface area contributed by atoms with E-state index in [0.717, 1.165) is 18.8 Å². The van der Waals surface area contributed by atoms with E-state index in [1.165, 1.54) is 7.11 Å². The van der Waals surface area contributed by atoms with E-state index >= 15 is 0 Å². The average Bonchev–Trinajstić information content (AvgIpc) is 3.60. The number of amides is 2. The van der Waals surface area contributed by atoms with Gasteiger partial charge in [0.1, 0.15) is 5.54 Å². The largest absolute Gasteiger partial charge is 0.469 e. The third kappa shape index (κ3) is 5.57. The monoisotopic (exact) mass is 664 g/mol. The number of ether oxygens (including phenoxy) is 2. The molecule has 11 nitrogen and oxygen atoms in total. The molecule has 3 saturated heterocycles. The Morgan fingerprint density at radius 2 is 1.79 bits per heavy atom. The lowest BCUT2D eigenvalue weighted by Crippen LogP contribution is -2.55. The molecule has 0 radical (unpaired) electrons. The summed E-state index contributed by atoms with van der Waals surface area (Å²) in [6, 6.07) is 15.8. The van der Waals surface area contributed by atoms with Gasteiger partial charge in [0.2, 0.25) is 0 Å². The van der Waals surface area contributed by atoms with Gasteiger partial charge in [0, 0.05) is 48.0 Å². The lowest BCUT2D eigenvalue weighted by Gasteiger charge is -2.39. The van der Waals surface area contributed by atoms with Crippen LogP contribution in [-0.2, 0) is 29.5 Å². The number of nitrogens with one attached hydrogen (secondary N) is 1. The quantitative estimate of drug-likeness (QED) is 0.199. The zero-order valence-corrected chi connectivity index (χ0v) is 28.9. The minimum Gasteiger partial charge on any atom is -0.469 e. The van der Waals surface area contributed by atoms with Crippen LogP contribution < -0.4 is 20.0 Å². The first-order valence-corrected chi connectivity index (χ1v) is 19.9. The molecule has 6 rings (SSSR count). The fourth-order valence-corrected chi connectivity index (χ4v) is 11.3. The molecule has 4 heterocycles. The van der Waals surface area contributed by atoms with E-state index in [9.17, 15) is 24.3 Å². The van der Waals surface area contributed by atoms with Crippen LogP contribution in [0.5, 0.6) is 0 Å². The van der Waals surface area contributed by atoms with E-state index < -0.39 is 25.6 Å². The summed E-state index contributed by atoms with van der Waals surface area (Å²) in [7, 11) is -1.49. The van der Waals surface area contributed by atoms with E-state index in [1.54, 1.807) is 4.90 Å². The van der Waals surface area contributed by atoms with Gasteiger partial charge in [0.25, 0.3) is 11.8 Å². The maximum absolute atomic E-state index is 14.7. The maximum atomic E-state index is 14.7. The molecule has 2 amide bonds. The molecule has 254 valence electrons. The van der Waals surface area contributed by atoms with E-state index in [4.69, 9.17) is 9.47 Å². The lowest BCUT2D eigenvalue weighted by molar-refractivity contribution is -0.146. The molecule has 0 aliphatic carbocycles. The molecule has 2 spiro atoms. The average molecular weight is 665 g/mol. The summed E-state index contributed by atoms with van der Waals surface area (Å²) in [5, 5.41) is 13.4. The first kappa shape index (κ1) is 33.6. The van der Waals surface area contributed by atoms with Crippen molar-refractivity contribution < 1.29 is 33.8 Å². The van der Waals surface area contributed by atoms with Crippen LogP contribution in [0, 0.1) is 5.92 Å². The summed E-state index contributed by atoms with van der Waals surface area (Å²) in [5.41, 5.74) is 0.749. The van der Waals surface area contributed by atoms with Gasteiger partial charge in [0.15, 0.2) is 13.9 Å². The number of anilines is 3. The molecule has 3 fully saturated rings. The van der Waals surface area contributed by atoms with Gasteiger partial charge >= 0.3 is 5.97 Å². The Kier molecular flexibility index (Phi) is 9.27. The number of aliphatic hydroxyl groups is 1. The first-order chi connectivity index (χ1) is 22.5. The first-order valence-electron chi connectivity index (χ1n) is 16.9. The van der Waals surface area contributed by atoms with Gasteiger partial charge in [-0.3, -0.25) is 19.3 Å². The number of aliphatic hydroxyl groups excluding tert-OH is 1. The second-order valence-electron chi connectivity index (χ2n) is 14.0. The van der Waals surface area contributed by atoms with Gasteiger partial charge in [-0.2, -0.15) is 0 Å². The van der Waals surface area contributed by atoms with Gasteiger partial charge in [-0.15, -0.1) is 0 Å². The molecule has 47 heavy (non-hydrogen) atoms. The summed E-state index contributed by atoms with van der Waals surface area (Å²) in [6.07, 6.45) is 2.59. The number of hydrogen-bond donors (Lipinski definition) is 3. The van der Waals surface area contributed by atoms with E-state index in [-0.39, 0.29) is 42.3 Å². The number of carbonyl (C=O) groups excluding carboxylic acids is 3. The van der Waals surface area contributed by atoms with Crippen molar-refractivity contribution in [3.63, 3.8) is 0 Å². The Morgan fingerprint density at radius 3 is 2.45 bits per heavy atom. The van der Waals surface area contributed by atoms with Crippen LogP contribution >= 0.6 is 0 Å². The number of esters is 1. The van der Waals surface area contributed by atoms with Crippen LogP contribution in [0.3, 0.4) is 0 Å². The number of para-hydroxylation sites is 1. The Morgan fingerprint density at radius 1 is 1.06 bits per heavy atom. The van der Waals surface area contributed by atoms with Crippen molar-refractivity contribution in [2.24, 2.45) is 5.92 Å². The van der Waals surface area contributed by atoms with Crippen molar-refractivity contribution in [1.82, 2.24) is 5.32 Å². The van der Waals surface area contributed by atoms with Crippen molar-refractivity contribution in [3.8, 4) is 0 Å². The molecule has 3 N–H and O–H groups in total. The molecule has 0 bridgehead atoms. The Hall–Kier alpha value is -3.29. The summed E-state index contributed by atoms with van der Waals surface area (Å²) in [5.74, 6) is -0.824. The minimum atomic E-state index is -2.86. The summed E-state index contributed by atoms with van der Waals surface area (Å²) in [6.45, 7) is 7.83. The number of fused-ring (bicyclic) bond motifs is 2. The molecule has 12 heteroatoms. The Balaban J connectivity index is 1.41. The summed E-state index contributed by atoms with van der Waals surface area (Å²) < 4.78 is 11.6. The molecule has 2 aromatic rings. The SMILES string of the molecule is COC(=O)CCCCN1C(=O)[C@@]2(O[C@@H](CCO)[C@H]([Si](C)(C)O)[C@H]2C)c2cc(N3CN(c4ccccc4)C4(CCNCC4)C3=O)ccc21. The number of hydrogen-bond acceptors (Lipinski definition) is 9. The minimum absolute atomic E-state index is 0.0427. The zero-order chi connectivity index (χ0) is 33.6. The molecule has 4 atom stereocenters. The molecule has 0 unspecified atom stereocenters. The molecular formula is C35H48N4O7Si. The smallest absolute Gasteiger partial charge is 0.305 e. The van der Waals surface area contributed by atoms with Crippen molar-refractivity contribution in [3.05, 3.63) is 54.1 Å². The Labute approximate surface area is 277 Å². The Bertz CT molecular complexity index is 1490. The number of methoxy groups -OCH3 is 1. The number of benzene rings is 2. The molecular weight excluding hydrogens is 616 g/mol. The topological polar surface area (TPSA) is 132 Å². The van der Waals surface area contributed by atoms with E-state index in [1.807, 2.05) is 73.4 Å². The van der Waals surface area contributed by atoms with E-state index in [0.29, 0.717) is 62.3 Å². The van der Waals surface area contributed by atoms with Crippen molar-refractivity contribution in [2.75, 3.05) is 54.7 Å². The van der Waals surface area contributed by atoms with Crippen LogP contribution in [0.2, 0.25) is 18.6 Å². The van der Waals surface area contributed by atoms with Crippen molar-refractivity contribution >= 4 is 43.2 Å². The van der Waals surface area contributed by atoms with Crippen LogP contribution in [0.4, 0.5) is 17.1 Å². The highest BCUT2D eigenvalue weighted by atomic mass is 28.4. The van der Waals surface area contributed by atoms with Crippen LogP contribution in [0.15, 0.2) is 48.5 Å². The predicted molar refractivity (Wildman–Crippen MR) is 182 cm³/mol. The second kappa shape index (κ2) is 13.0. The standard InChI is InChI=1S/C35H48N4O7Si/c1-24-31(47(3,4)44)29(15-21-40)46-35(24)27-22-26(13-14-28(27)37(33(35)43)20-9-8-12-30(41)45-2)38-23-39(25-10-6-5-7-11-25)34(32(38)42)16-18-36-19-17-34/h5-7,10-11,13-14,22,24,29,31,36,40,44H,8-9,12,15-21,23H2,1-4H3/t24-,29+,31-,35+/m1/s1. The van der Waals surface area contributed by atoms with Crippen molar-refractivity contribution in [2.45, 2.75) is 81.3 Å². The number of piperidine rings is 1. The van der Waals surface area contributed by atoms with Crippen LogP contribution in [-0.4, -0.2) is 87.7 Å². The van der Waals surface area contributed by atoms with Gasteiger partial charge in [-0.25, -0.2) is 0 Å². The molecule has 4 aliphatic rings. The van der Waals surface area contributed by atoms with Gasteiger partial charge in [0.05, 0.1) is 25.6 Å². The van der Waals surface area contributed by atoms with Crippen molar-refractivity contribution in [1.29, 1.82) is 0 Å². The fraction of sp³-hybridized carbons (Fsp3) is 0.571. The third-order valence-electron chi connectivity index (χ3n) is 10.9. The molecule has 2 aromatic carbocycles. The van der Waals surface area contributed by atoms with Crippen LogP contribution in [0.1, 0.15) is 51.0 Å². The highest BCUT2D eigenvalue weighted by Gasteiger charge is 2.66. The van der Waals surface area contributed by atoms with Gasteiger partial charge < -0.3 is 34.5 Å². The lowest BCUT2D eigenvalue weighted by atomic mass is 9.82. The van der Waals surface area contributed by atoms with Gasteiger partial charge in [-0.1, -0.05) is 25.1 Å². The maximum Gasteiger partial charge on any atom is 0.305 e. The highest BCUT2D eigenvalue weighted by molar-refractivity contribution is 6.71. The second-order valence-corrected chi connectivity index (χ2v) is 18.0. The number of nitrogens with zero attached hydrogens (tertiary/aromatic N) is 3. The normalized spacial score (nSPS) is 26.9. The summed E-state index contributed by atoms with van der Waals surface area (Å²) >= 11 is 0. The molecule has 4 aliphatic heterocycles. The fourth-order valence-electron chi connectivity index (χ4n) is 8.66.